The van der Waals surface area contributed by atoms with Gasteiger partial charge in [0.25, 0.3) is 0 Å². The fourth-order valence-electron chi connectivity index (χ4n) is 6.32. The second-order valence-electron chi connectivity index (χ2n) is 9.37. The smallest absolute Gasteiger partial charge is 0.170 e. The van der Waals surface area contributed by atoms with E-state index in [-0.39, 0.29) is 22.8 Å². The summed E-state index contributed by atoms with van der Waals surface area (Å²) in [4.78, 5) is 33.9. The molecule has 2 heterocycles. The minimum Gasteiger partial charge on any atom is -0.384 e. The van der Waals surface area contributed by atoms with E-state index in [1.165, 1.54) is 5.56 Å². The second-order valence-corrected chi connectivity index (χ2v) is 10.2. The fraction of sp³-hybridized carbons (Fsp3) is 0.321. The molecule has 0 radical (unpaired) electrons. The van der Waals surface area contributed by atoms with E-state index in [1.54, 1.807) is 18.5 Å². The maximum Gasteiger partial charge on any atom is 0.170 e. The van der Waals surface area contributed by atoms with Crippen molar-refractivity contribution in [2.75, 3.05) is 18.4 Å². The second kappa shape index (κ2) is 9.82. The van der Waals surface area contributed by atoms with Gasteiger partial charge in [-0.15, -0.1) is 23.2 Å². The van der Waals surface area contributed by atoms with Gasteiger partial charge in [0.1, 0.15) is 11.4 Å². The Kier molecular flexibility index (Phi) is 6.78. The van der Waals surface area contributed by atoms with Crippen molar-refractivity contribution in [1.29, 1.82) is 0 Å². The van der Waals surface area contributed by atoms with Gasteiger partial charge in [-0.1, -0.05) is 60.7 Å². The Morgan fingerprint density at radius 2 is 1.69 bits per heavy atom. The number of ketones is 2. The molecule has 6 rings (SSSR count). The van der Waals surface area contributed by atoms with Crippen LogP contribution in [-0.2, 0) is 16.9 Å². The third kappa shape index (κ3) is 4.01. The zero-order valence-corrected chi connectivity index (χ0v) is 20.6. The Morgan fingerprint density at radius 1 is 0.971 bits per heavy atom. The first-order valence-electron chi connectivity index (χ1n) is 11.7. The molecule has 2 aromatic carbocycles. The lowest BCUT2D eigenvalue weighted by Crippen LogP contribution is -2.63. The molecule has 1 aromatic heterocycles. The van der Waals surface area contributed by atoms with Crippen LogP contribution in [0.2, 0.25) is 0 Å². The molecule has 1 saturated heterocycles. The highest BCUT2D eigenvalue weighted by atomic mass is 35.5. The van der Waals surface area contributed by atoms with Crippen molar-refractivity contribution in [2.24, 2.45) is 17.8 Å². The summed E-state index contributed by atoms with van der Waals surface area (Å²) in [6.07, 6.45) is 3.43. The predicted molar refractivity (Wildman–Crippen MR) is 135 cm³/mol. The van der Waals surface area contributed by atoms with Gasteiger partial charge in [0.15, 0.2) is 5.78 Å². The lowest BCUT2D eigenvalue weighted by atomic mass is 9.55. The molecule has 3 aliphatic rings. The number of piperidine rings is 1. The zero-order chi connectivity index (χ0) is 24.6. The van der Waals surface area contributed by atoms with Gasteiger partial charge in [0.2, 0.25) is 0 Å². The number of aromatic nitrogens is 1. The molecule has 0 spiro atoms. The van der Waals surface area contributed by atoms with Crippen molar-refractivity contribution in [3.8, 4) is 0 Å². The van der Waals surface area contributed by atoms with Crippen LogP contribution in [0.1, 0.15) is 33.0 Å². The lowest BCUT2D eigenvalue weighted by Gasteiger charge is -2.53. The van der Waals surface area contributed by atoms with Crippen molar-refractivity contribution in [3.63, 3.8) is 0 Å². The predicted octanol–water partition coefficient (Wildman–Crippen LogP) is 4.62. The Morgan fingerprint density at radius 3 is 2.40 bits per heavy atom. The van der Waals surface area contributed by atoms with E-state index in [0.717, 1.165) is 5.56 Å². The molecule has 5 nitrogen and oxygen atoms in total. The molecule has 1 N–H and O–H groups in total. The standard InChI is InChI=1S/C27H24N2O3.CH2Cl2/c30-25-20-15-29(14-17-7-2-1-3-8-17)16-22(25)27(32)21-11-5-4-10-19(21)26(31)24(27)23(20)18-9-6-12-28-13-18;2-1-3/h1-13,20,22-24,32H,14-16H2;1H2/t20-,22-,23-,24-,27+;/m0./s1. The van der Waals surface area contributed by atoms with Crippen LogP contribution in [0.3, 0.4) is 0 Å². The fourth-order valence-corrected chi connectivity index (χ4v) is 6.32. The minimum atomic E-state index is -1.50. The van der Waals surface area contributed by atoms with Gasteiger partial charge >= 0.3 is 0 Å². The Bertz CT molecular complexity index is 1220. The van der Waals surface area contributed by atoms with Crippen molar-refractivity contribution < 1.29 is 14.7 Å². The molecule has 7 heteroatoms. The van der Waals surface area contributed by atoms with Crippen LogP contribution in [0.25, 0.3) is 0 Å². The quantitative estimate of drug-likeness (QED) is 0.522. The minimum absolute atomic E-state index is 0.0593. The van der Waals surface area contributed by atoms with Crippen LogP contribution in [0.4, 0.5) is 0 Å². The summed E-state index contributed by atoms with van der Waals surface area (Å²) >= 11 is 9.53. The number of benzene rings is 2. The molecule has 35 heavy (non-hydrogen) atoms. The van der Waals surface area contributed by atoms with Gasteiger partial charge < -0.3 is 5.11 Å². The molecule has 1 saturated carbocycles. The van der Waals surface area contributed by atoms with E-state index in [2.05, 4.69) is 22.0 Å². The third-order valence-electron chi connectivity index (χ3n) is 7.63. The number of pyridine rings is 1. The number of aliphatic hydroxyl groups is 1. The number of rotatable bonds is 3. The van der Waals surface area contributed by atoms with Crippen LogP contribution >= 0.6 is 23.2 Å². The largest absolute Gasteiger partial charge is 0.384 e. The van der Waals surface area contributed by atoms with Crippen molar-refractivity contribution >= 4 is 34.8 Å². The monoisotopic (exact) mass is 508 g/mol. The summed E-state index contributed by atoms with van der Waals surface area (Å²) in [6.45, 7) is 1.72. The van der Waals surface area contributed by atoms with E-state index in [4.69, 9.17) is 23.2 Å². The summed E-state index contributed by atoms with van der Waals surface area (Å²) in [5, 5.41) is 12.4. The van der Waals surface area contributed by atoms with E-state index >= 15 is 0 Å². The molecule has 0 unspecified atom stereocenters. The number of hydrogen-bond acceptors (Lipinski definition) is 5. The average molecular weight is 509 g/mol. The van der Waals surface area contributed by atoms with Crippen molar-refractivity contribution in [1.82, 2.24) is 9.88 Å². The van der Waals surface area contributed by atoms with E-state index < -0.39 is 23.4 Å². The van der Waals surface area contributed by atoms with Crippen molar-refractivity contribution in [3.05, 3.63) is 101 Å². The molecule has 0 amide bonds. The number of Topliss-reactive ketones (excluding diaryl/α,β-unsaturated/α-hetero) is 2. The molecular formula is C28H26Cl2N2O3. The first-order valence-corrected chi connectivity index (χ1v) is 12.8. The SMILES string of the molecule is ClCCl.O=C1c2ccccc2[C@]2(O)[C@H]1[C@@H](c1cccnc1)[C@@H]1CN(Cc3ccccc3)C[C@H]2C1=O. The maximum absolute atomic E-state index is 13.7. The Balaban J connectivity index is 0.000000806. The van der Waals surface area contributed by atoms with Crippen LogP contribution in [-0.4, -0.2) is 45.0 Å². The van der Waals surface area contributed by atoms with Crippen LogP contribution in [0.5, 0.6) is 0 Å². The van der Waals surface area contributed by atoms with E-state index in [9.17, 15) is 14.7 Å². The normalized spacial score (nSPS) is 29.1. The lowest BCUT2D eigenvalue weighted by molar-refractivity contribution is -0.166. The average Bonchev–Trinajstić information content (AvgIpc) is 3.10. The molecule has 2 fully saturated rings. The number of carbonyl (C=O) groups excluding carboxylic acids is 2. The highest BCUT2D eigenvalue weighted by molar-refractivity contribution is 6.40. The molecule has 1 aliphatic heterocycles. The number of nitrogens with zero attached hydrogens (tertiary/aromatic N) is 2. The Hall–Kier alpha value is -2.57. The van der Waals surface area contributed by atoms with Gasteiger partial charge in [0, 0.05) is 49.4 Å². The van der Waals surface area contributed by atoms with Gasteiger partial charge in [0.05, 0.1) is 17.2 Å². The van der Waals surface area contributed by atoms with Crippen LogP contribution in [0.15, 0.2) is 79.1 Å². The van der Waals surface area contributed by atoms with E-state index in [1.807, 2.05) is 48.5 Å². The maximum atomic E-state index is 13.7. The molecule has 180 valence electrons. The third-order valence-corrected chi connectivity index (χ3v) is 7.63. The number of carbonyl (C=O) groups is 2. The van der Waals surface area contributed by atoms with Crippen LogP contribution < -0.4 is 0 Å². The summed E-state index contributed by atoms with van der Waals surface area (Å²) in [5.74, 6) is -2.06. The van der Waals surface area contributed by atoms with Crippen LogP contribution in [0, 0.1) is 17.8 Å². The summed E-state index contributed by atoms with van der Waals surface area (Å²) in [5.41, 5.74) is 1.66. The first kappa shape index (κ1) is 24.1. The summed E-state index contributed by atoms with van der Waals surface area (Å²) in [6, 6.07) is 21.2. The number of halogens is 2. The zero-order valence-electron chi connectivity index (χ0n) is 19.1. The molecule has 3 aromatic rings. The number of alkyl halides is 2. The summed E-state index contributed by atoms with van der Waals surface area (Å²) < 4.78 is 0. The van der Waals surface area contributed by atoms with Gasteiger partial charge in [-0.3, -0.25) is 19.5 Å². The van der Waals surface area contributed by atoms with Crippen molar-refractivity contribution in [2.45, 2.75) is 18.1 Å². The number of fused-ring (bicyclic) bond motifs is 6. The van der Waals surface area contributed by atoms with Gasteiger partial charge in [-0.2, -0.15) is 0 Å². The number of likely N-dealkylation sites (tertiary alicyclic amines) is 1. The highest BCUT2D eigenvalue weighted by Crippen LogP contribution is 2.59. The van der Waals surface area contributed by atoms with Gasteiger partial charge in [-0.05, 0) is 22.8 Å². The Labute approximate surface area is 214 Å². The summed E-state index contributed by atoms with van der Waals surface area (Å²) in [7, 11) is 0. The van der Waals surface area contributed by atoms with Gasteiger partial charge in [-0.25, -0.2) is 0 Å². The molecular weight excluding hydrogens is 483 g/mol. The molecule has 2 aliphatic carbocycles. The topological polar surface area (TPSA) is 70.5 Å². The molecule has 5 atom stereocenters. The highest BCUT2D eigenvalue weighted by Gasteiger charge is 2.67. The number of hydrogen-bond donors (Lipinski definition) is 1. The molecule has 2 bridgehead atoms. The first-order chi connectivity index (χ1) is 17.0. The van der Waals surface area contributed by atoms with E-state index in [0.29, 0.717) is 30.8 Å².